The summed E-state index contributed by atoms with van der Waals surface area (Å²) in [7, 11) is 0. The van der Waals surface area contributed by atoms with Crippen LogP contribution in [-0.4, -0.2) is 15.9 Å². The number of aromatic nitrogens is 3. The number of benzene rings is 2. The third-order valence-electron chi connectivity index (χ3n) is 6.03. The molecule has 0 saturated heterocycles. The molecule has 2 aromatic carbocycles. The predicted octanol–water partition coefficient (Wildman–Crippen LogP) is 4.81. The number of aryl methyl sites for hydroxylation is 1. The number of rotatable bonds is 2. The van der Waals surface area contributed by atoms with Gasteiger partial charge < -0.3 is 0 Å². The van der Waals surface area contributed by atoms with Gasteiger partial charge >= 0.3 is 0 Å². The van der Waals surface area contributed by atoms with E-state index >= 15 is 0 Å². The van der Waals surface area contributed by atoms with Crippen molar-refractivity contribution in [2.75, 3.05) is 5.32 Å². The standard InChI is InChI=1S/C25H17ClN4O/c1-14-20-21(17-10-4-5-11-18(17)26)22-23(15-8-2-3-9-16(15)24(22)31)28-25(20)30(29-14)19-12-6-7-13-27-19/h2-13,21H,1H3,(H,28,29,31)/p+1/t21-/m0/s1. The molecular formula is C25H18ClN4O+. The van der Waals surface area contributed by atoms with E-state index in [1.54, 1.807) is 6.20 Å². The van der Waals surface area contributed by atoms with Crippen molar-refractivity contribution >= 4 is 28.9 Å². The van der Waals surface area contributed by atoms with Gasteiger partial charge in [0.05, 0.1) is 22.7 Å². The minimum Gasteiger partial charge on any atom is -0.289 e. The van der Waals surface area contributed by atoms with Crippen molar-refractivity contribution in [3.05, 3.63) is 111 Å². The zero-order valence-corrected chi connectivity index (χ0v) is 17.4. The summed E-state index contributed by atoms with van der Waals surface area (Å²) in [6, 6.07) is 21.3. The molecule has 1 atom stereocenters. The largest absolute Gasteiger partial charge is 0.289 e. The van der Waals surface area contributed by atoms with Crippen LogP contribution in [0, 0.1) is 6.92 Å². The van der Waals surface area contributed by atoms with Crippen molar-refractivity contribution in [3.63, 3.8) is 0 Å². The molecule has 1 aliphatic heterocycles. The van der Waals surface area contributed by atoms with Gasteiger partial charge in [0.2, 0.25) is 0 Å². The van der Waals surface area contributed by atoms with E-state index in [-0.39, 0.29) is 11.7 Å². The summed E-state index contributed by atoms with van der Waals surface area (Å²) in [5, 5.41) is 7.63. The third kappa shape index (κ3) is 2.53. The molecule has 3 heterocycles. The van der Waals surface area contributed by atoms with Crippen LogP contribution in [0.5, 0.6) is 0 Å². The molecule has 0 spiro atoms. The summed E-state index contributed by atoms with van der Waals surface area (Å²) in [5.74, 6) is 1.38. The minimum absolute atomic E-state index is 0.0404. The Hall–Kier alpha value is -3.70. The summed E-state index contributed by atoms with van der Waals surface area (Å²) in [6.45, 7) is 2.02. The number of halogens is 1. The highest BCUT2D eigenvalue weighted by molar-refractivity contribution is 6.32. The van der Waals surface area contributed by atoms with E-state index in [0.717, 1.165) is 45.3 Å². The maximum absolute atomic E-state index is 13.6. The fourth-order valence-electron chi connectivity index (χ4n) is 4.71. The van der Waals surface area contributed by atoms with E-state index in [2.05, 4.69) is 15.4 Å². The second kappa shape index (κ2) is 6.65. The molecule has 2 aliphatic rings. The van der Waals surface area contributed by atoms with Crippen LogP contribution in [-0.2, 0) is 0 Å². The SMILES string of the molecule is Cc1[nH][n+](-c2ccccn2)c2c1[C@H](c1ccccc1Cl)C1=C(N2)c2ccccc2C1=O. The first-order chi connectivity index (χ1) is 15.1. The Morgan fingerprint density at radius 3 is 2.48 bits per heavy atom. The summed E-state index contributed by atoms with van der Waals surface area (Å²) >= 11 is 6.67. The van der Waals surface area contributed by atoms with Crippen molar-refractivity contribution in [3.8, 4) is 5.82 Å². The van der Waals surface area contributed by atoms with Crippen LogP contribution >= 0.6 is 11.6 Å². The van der Waals surface area contributed by atoms with Crippen LogP contribution in [0.25, 0.3) is 11.5 Å². The number of hydrogen-bond acceptors (Lipinski definition) is 3. The van der Waals surface area contributed by atoms with Crippen LogP contribution in [0.4, 0.5) is 5.82 Å². The molecule has 1 aliphatic carbocycles. The molecule has 0 radical (unpaired) electrons. The van der Waals surface area contributed by atoms with Crippen molar-refractivity contribution in [2.24, 2.45) is 0 Å². The molecule has 0 fully saturated rings. The van der Waals surface area contributed by atoms with Crippen LogP contribution in [0.3, 0.4) is 0 Å². The first-order valence-corrected chi connectivity index (χ1v) is 10.5. The molecule has 150 valence electrons. The van der Waals surface area contributed by atoms with Crippen molar-refractivity contribution in [1.29, 1.82) is 0 Å². The molecule has 6 rings (SSSR count). The van der Waals surface area contributed by atoms with Crippen molar-refractivity contribution in [2.45, 2.75) is 12.8 Å². The highest BCUT2D eigenvalue weighted by atomic mass is 35.5. The highest BCUT2D eigenvalue weighted by Crippen LogP contribution is 2.50. The summed E-state index contributed by atoms with van der Waals surface area (Å²) in [5.41, 5.74) is 6.06. The lowest BCUT2D eigenvalue weighted by molar-refractivity contribution is -0.645. The van der Waals surface area contributed by atoms with Crippen LogP contribution in [0.1, 0.15) is 38.7 Å². The minimum atomic E-state index is -0.291. The Morgan fingerprint density at radius 2 is 1.71 bits per heavy atom. The number of ketones is 1. The monoisotopic (exact) mass is 425 g/mol. The average molecular weight is 426 g/mol. The van der Waals surface area contributed by atoms with Gasteiger partial charge in [-0.2, -0.15) is 0 Å². The van der Waals surface area contributed by atoms with Crippen molar-refractivity contribution in [1.82, 2.24) is 10.1 Å². The number of nitrogens with one attached hydrogen (secondary N) is 2. The van der Waals surface area contributed by atoms with Crippen molar-refractivity contribution < 1.29 is 9.48 Å². The number of allylic oxidation sites excluding steroid dienone is 1. The Bertz CT molecular complexity index is 1400. The van der Waals surface area contributed by atoms with Gasteiger partial charge in [-0.05, 0) is 24.6 Å². The maximum atomic E-state index is 13.6. The zero-order valence-electron chi connectivity index (χ0n) is 16.7. The fraction of sp³-hybridized carbons (Fsp3) is 0.0800. The topological polar surface area (TPSA) is 61.7 Å². The summed E-state index contributed by atoms with van der Waals surface area (Å²) < 4.78 is 1.93. The van der Waals surface area contributed by atoms with Crippen LogP contribution in [0.15, 0.2) is 78.5 Å². The number of Topliss-reactive ketones (excluding diaryl/α,β-unsaturated/α-hetero) is 1. The molecule has 2 N–H and O–H groups in total. The Kier molecular flexibility index (Phi) is 3.88. The number of anilines is 1. The predicted molar refractivity (Wildman–Crippen MR) is 119 cm³/mol. The molecular weight excluding hydrogens is 408 g/mol. The highest BCUT2D eigenvalue weighted by Gasteiger charge is 2.45. The van der Waals surface area contributed by atoms with Gasteiger partial charge in [0.25, 0.3) is 11.6 Å². The van der Waals surface area contributed by atoms with Gasteiger partial charge in [0.1, 0.15) is 11.9 Å². The van der Waals surface area contributed by atoms with Gasteiger partial charge in [-0.1, -0.05) is 60.1 Å². The normalized spacial score (nSPS) is 16.6. The quantitative estimate of drug-likeness (QED) is 0.453. The number of fused-ring (bicyclic) bond motifs is 3. The third-order valence-corrected chi connectivity index (χ3v) is 6.38. The molecule has 6 heteroatoms. The molecule has 0 amide bonds. The first kappa shape index (κ1) is 18.1. The Labute approximate surface area is 184 Å². The van der Waals surface area contributed by atoms with E-state index in [1.807, 2.05) is 78.3 Å². The number of carbonyl (C=O) groups is 1. The average Bonchev–Trinajstić information content (AvgIpc) is 3.29. The van der Waals surface area contributed by atoms with Gasteiger partial charge in [0.15, 0.2) is 5.78 Å². The van der Waals surface area contributed by atoms with Gasteiger partial charge in [-0.25, -0.2) is 5.10 Å². The van der Waals surface area contributed by atoms with E-state index in [1.165, 1.54) is 0 Å². The molecule has 0 unspecified atom stereocenters. The lowest BCUT2D eigenvalue weighted by Gasteiger charge is -2.24. The molecule has 0 saturated carbocycles. The second-order valence-corrected chi connectivity index (χ2v) is 8.17. The van der Waals surface area contributed by atoms with E-state index < -0.39 is 0 Å². The molecule has 5 nitrogen and oxygen atoms in total. The zero-order chi connectivity index (χ0) is 21.1. The number of hydrogen-bond donors (Lipinski definition) is 2. The van der Waals surface area contributed by atoms with E-state index in [9.17, 15) is 4.79 Å². The number of aromatic amines is 1. The lowest BCUT2D eigenvalue weighted by Crippen LogP contribution is -2.38. The number of carbonyl (C=O) groups excluding carboxylic acids is 1. The van der Waals surface area contributed by atoms with Gasteiger partial charge in [-0.15, -0.1) is 9.67 Å². The van der Waals surface area contributed by atoms with Crippen LogP contribution < -0.4 is 10.00 Å². The Morgan fingerprint density at radius 1 is 0.968 bits per heavy atom. The summed E-state index contributed by atoms with van der Waals surface area (Å²) in [4.78, 5) is 18.1. The molecule has 2 aromatic heterocycles. The smallest absolute Gasteiger partial charge is 0.284 e. The van der Waals surface area contributed by atoms with Crippen LogP contribution in [0.2, 0.25) is 5.02 Å². The molecule has 31 heavy (non-hydrogen) atoms. The maximum Gasteiger partial charge on any atom is 0.284 e. The number of pyridine rings is 1. The van der Waals surface area contributed by atoms with Gasteiger partial charge in [-0.3, -0.25) is 10.1 Å². The fourth-order valence-corrected chi connectivity index (χ4v) is 4.96. The van der Waals surface area contributed by atoms with Gasteiger partial charge in [0, 0.05) is 22.2 Å². The summed E-state index contributed by atoms with van der Waals surface area (Å²) in [6.07, 6.45) is 1.76. The molecule has 4 aromatic rings. The lowest BCUT2D eigenvalue weighted by atomic mass is 9.81. The van der Waals surface area contributed by atoms with E-state index in [0.29, 0.717) is 10.6 Å². The first-order valence-electron chi connectivity index (χ1n) is 10.1. The second-order valence-electron chi connectivity index (χ2n) is 7.77. The number of H-pyrrole nitrogens is 1. The number of nitrogens with zero attached hydrogens (tertiary/aromatic N) is 2. The molecule has 0 bridgehead atoms. The van der Waals surface area contributed by atoms with E-state index in [4.69, 9.17) is 11.6 Å². The Balaban J connectivity index is 1.66.